The molecule has 1 unspecified atom stereocenters. The zero-order valence-electron chi connectivity index (χ0n) is 20.4. The van der Waals surface area contributed by atoms with Gasteiger partial charge in [0.2, 0.25) is 0 Å². The predicted molar refractivity (Wildman–Crippen MR) is 140 cm³/mol. The van der Waals surface area contributed by atoms with E-state index in [1.165, 1.54) is 0 Å². The first-order chi connectivity index (χ1) is 17.0. The second-order valence-electron chi connectivity index (χ2n) is 9.16. The average molecular weight is 472 g/mol. The maximum Gasteiger partial charge on any atom is 0.262 e. The minimum Gasteiger partial charge on any atom is -0.484 e. The van der Waals surface area contributed by atoms with Gasteiger partial charge in [0.05, 0.1) is 11.6 Å². The predicted octanol–water partition coefficient (Wildman–Crippen LogP) is 5.43. The van der Waals surface area contributed by atoms with Crippen LogP contribution in [0.2, 0.25) is 0 Å². The standard InChI is InChI=1S/C29H33N3O3/c1-21-15-17-32(18-16-21)27-14-13-24(31-28(33)20-35-25-11-7-4-8-12-25)19-26(27)29(34)30-22(2)23-9-5-3-6-10-23/h3-14,19,21-22H,15-18,20H2,1-2H3,(H,30,34)(H,31,33). The van der Waals surface area contributed by atoms with Gasteiger partial charge in [0, 0.05) is 24.5 Å². The third-order valence-corrected chi connectivity index (χ3v) is 6.41. The van der Waals surface area contributed by atoms with Crippen LogP contribution in [-0.2, 0) is 4.79 Å². The lowest BCUT2D eigenvalue weighted by Gasteiger charge is -2.33. The largest absolute Gasteiger partial charge is 0.484 e. The highest BCUT2D eigenvalue weighted by Crippen LogP contribution is 2.29. The Balaban J connectivity index is 1.51. The Morgan fingerprint density at radius 3 is 2.31 bits per heavy atom. The molecule has 1 aliphatic rings. The molecular formula is C29H33N3O3. The monoisotopic (exact) mass is 471 g/mol. The summed E-state index contributed by atoms with van der Waals surface area (Å²) in [5.41, 5.74) is 3.06. The number of hydrogen-bond donors (Lipinski definition) is 2. The van der Waals surface area contributed by atoms with Gasteiger partial charge in [0.15, 0.2) is 6.61 Å². The number of benzene rings is 3. The Labute approximate surface area is 207 Å². The smallest absolute Gasteiger partial charge is 0.262 e. The highest BCUT2D eigenvalue weighted by Gasteiger charge is 2.23. The van der Waals surface area contributed by atoms with E-state index in [0.29, 0.717) is 22.9 Å². The molecular weight excluding hydrogens is 438 g/mol. The van der Waals surface area contributed by atoms with Gasteiger partial charge in [-0.15, -0.1) is 0 Å². The van der Waals surface area contributed by atoms with Crippen LogP contribution in [0.15, 0.2) is 78.9 Å². The normalized spacial score (nSPS) is 14.7. The van der Waals surface area contributed by atoms with E-state index in [1.807, 2.05) is 67.6 Å². The van der Waals surface area contributed by atoms with Crippen LogP contribution in [0, 0.1) is 5.92 Å². The average Bonchev–Trinajstić information content (AvgIpc) is 2.89. The zero-order valence-corrected chi connectivity index (χ0v) is 20.4. The van der Waals surface area contributed by atoms with E-state index in [4.69, 9.17) is 4.74 Å². The van der Waals surface area contributed by atoms with Crippen molar-refractivity contribution in [2.75, 3.05) is 29.9 Å². The molecule has 1 atom stereocenters. The molecule has 6 heteroatoms. The SMILES string of the molecule is CC1CCN(c2ccc(NC(=O)COc3ccccc3)cc2C(=O)NC(C)c2ccccc2)CC1. The van der Waals surface area contributed by atoms with E-state index in [-0.39, 0.29) is 24.5 Å². The number of carbonyl (C=O) groups excluding carboxylic acids is 2. The van der Waals surface area contributed by atoms with Gasteiger partial charge in [0.1, 0.15) is 5.75 Å². The summed E-state index contributed by atoms with van der Waals surface area (Å²) in [6.45, 7) is 5.95. The van der Waals surface area contributed by atoms with Crippen LogP contribution in [0.5, 0.6) is 5.75 Å². The number of para-hydroxylation sites is 1. The molecule has 0 saturated carbocycles. The lowest BCUT2D eigenvalue weighted by atomic mass is 9.97. The van der Waals surface area contributed by atoms with Crippen LogP contribution in [0.3, 0.4) is 0 Å². The molecule has 1 heterocycles. The van der Waals surface area contributed by atoms with Crippen molar-refractivity contribution in [2.24, 2.45) is 5.92 Å². The van der Waals surface area contributed by atoms with Crippen molar-refractivity contribution >= 4 is 23.2 Å². The molecule has 0 aliphatic carbocycles. The molecule has 0 bridgehead atoms. The number of ether oxygens (including phenoxy) is 1. The van der Waals surface area contributed by atoms with Gasteiger partial charge in [-0.2, -0.15) is 0 Å². The maximum atomic E-state index is 13.4. The van der Waals surface area contributed by atoms with E-state index < -0.39 is 0 Å². The van der Waals surface area contributed by atoms with E-state index in [9.17, 15) is 9.59 Å². The summed E-state index contributed by atoms with van der Waals surface area (Å²) in [7, 11) is 0. The summed E-state index contributed by atoms with van der Waals surface area (Å²) in [5.74, 6) is 0.876. The summed E-state index contributed by atoms with van der Waals surface area (Å²) in [6, 6.07) is 24.5. The van der Waals surface area contributed by atoms with Gasteiger partial charge in [-0.25, -0.2) is 0 Å². The number of piperidine rings is 1. The third kappa shape index (κ3) is 6.63. The fourth-order valence-corrected chi connectivity index (χ4v) is 4.28. The van der Waals surface area contributed by atoms with Crippen molar-refractivity contribution in [1.82, 2.24) is 5.32 Å². The Morgan fingerprint density at radius 2 is 1.63 bits per heavy atom. The molecule has 0 aromatic heterocycles. The van der Waals surface area contributed by atoms with E-state index in [0.717, 1.165) is 37.2 Å². The molecule has 2 N–H and O–H groups in total. The third-order valence-electron chi connectivity index (χ3n) is 6.41. The molecule has 0 spiro atoms. The summed E-state index contributed by atoms with van der Waals surface area (Å²) in [4.78, 5) is 28.2. The second-order valence-corrected chi connectivity index (χ2v) is 9.16. The summed E-state index contributed by atoms with van der Waals surface area (Å²) < 4.78 is 5.55. The van der Waals surface area contributed by atoms with Crippen molar-refractivity contribution in [1.29, 1.82) is 0 Å². The van der Waals surface area contributed by atoms with Crippen molar-refractivity contribution in [2.45, 2.75) is 32.7 Å². The topological polar surface area (TPSA) is 70.7 Å². The van der Waals surface area contributed by atoms with Crippen LogP contribution in [0.1, 0.15) is 48.7 Å². The van der Waals surface area contributed by atoms with Gasteiger partial charge in [-0.1, -0.05) is 55.5 Å². The summed E-state index contributed by atoms with van der Waals surface area (Å²) >= 11 is 0. The summed E-state index contributed by atoms with van der Waals surface area (Å²) in [6.07, 6.45) is 2.19. The van der Waals surface area contributed by atoms with Crippen molar-refractivity contribution in [3.05, 3.63) is 90.0 Å². The first-order valence-corrected chi connectivity index (χ1v) is 12.2. The molecule has 3 aromatic carbocycles. The maximum absolute atomic E-state index is 13.4. The Morgan fingerprint density at radius 1 is 0.971 bits per heavy atom. The Hall–Kier alpha value is -3.80. The first-order valence-electron chi connectivity index (χ1n) is 12.2. The molecule has 1 saturated heterocycles. The quantitative estimate of drug-likeness (QED) is 0.460. The minimum absolute atomic E-state index is 0.109. The van der Waals surface area contributed by atoms with Crippen LogP contribution in [0.25, 0.3) is 0 Å². The number of hydrogen-bond acceptors (Lipinski definition) is 4. The zero-order chi connectivity index (χ0) is 24.6. The fraction of sp³-hybridized carbons (Fsp3) is 0.310. The number of nitrogens with one attached hydrogen (secondary N) is 2. The van der Waals surface area contributed by atoms with Crippen LogP contribution in [0.4, 0.5) is 11.4 Å². The highest BCUT2D eigenvalue weighted by molar-refractivity contribution is 6.02. The van der Waals surface area contributed by atoms with Gasteiger partial charge >= 0.3 is 0 Å². The van der Waals surface area contributed by atoms with Gasteiger partial charge < -0.3 is 20.3 Å². The lowest BCUT2D eigenvalue weighted by molar-refractivity contribution is -0.118. The molecule has 3 aromatic rings. The van der Waals surface area contributed by atoms with Gasteiger partial charge in [-0.3, -0.25) is 9.59 Å². The highest BCUT2D eigenvalue weighted by atomic mass is 16.5. The molecule has 182 valence electrons. The van der Waals surface area contributed by atoms with Gasteiger partial charge in [0.25, 0.3) is 11.8 Å². The van der Waals surface area contributed by atoms with Gasteiger partial charge in [-0.05, 0) is 61.6 Å². The molecule has 2 amide bonds. The Bertz CT molecular complexity index is 1130. The van der Waals surface area contributed by atoms with E-state index in [1.54, 1.807) is 18.2 Å². The second kappa shape index (κ2) is 11.6. The molecule has 6 nitrogen and oxygen atoms in total. The number of nitrogens with zero attached hydrogens (tertiary/aromatic N) is 1. The van der Waals surface area contributed by atoms with Crippen molar-refractivity contribution in [3.63, 3.8) is 0 Å². The molecule has 0 radical (unpaired) electrons. The number of anilines is 2. The van der Waals surface area contributed by atoms with E-state index in [2.05, 4.69) is 22.5 Å². The molecule has 1 aliphatic heterocycles. The minimum atomic E-state index is -0.280. The first kappa shape index (κ1) is 24.3. The fourth-order valence-electron chi connectivity index (χ4n) is 4.28. The van der Waals surface area contributed by atoms with Crippen LogP contribution in [-0.4, -0.2) is 31.5 Å². The molecule has 35 heavy (non-hydrogen) atoms. The lowest BCUT2D eigenvalue weighted by Crippen LogP contribution is -2.35. The Kier molecular flexibility index (Phi) is 8.03. The van der Waals surface area contributed by atoms with Crippen molar-refractivity contribution < 1.29 is 14.3 Å². The van der Waals surface area contributed by atoms with Crippen molar-refractivity contribution in [3.8, 4) is 5.75 Å². The summed E-state index contributed by atoms with van der Waals surface area (Å²) in [5, 5.41) is 5.99. The van der Waals surface area contributed by atoms with Crippen LogP contribution >= 0.6 is 0 Å². The molecule has 1 fully saturated rings. The number of rotatable bonds is 8. The molecule has 4 rings (SSSR count). The number of carbonyl (C=O) groups is 2. The number of amides is 2. The van der Waals surface area contributed by atoms with Crippen LogP contribution < -0.4 is 20.3 Å². The van der Waals surface area contributed by atoms with E-state index >= 15 is 0 Å².